The van der Waals surface area contributed by atoms with Crippen LogP contribution in [0.4, 0.5) is 17.2 Å². The molecule has 0 radical (unpaired) electrons. The normalized spacial score (nSPS) is 10.2. The number of hydrogen-bond donors (Lipinski definition) is 1. The molecule has 9 nitrogen and oxygen atoms in total. The summed E-state index contributed by atoms with van der Waals surface area (Å²) in [6.45, 7) is 2.66. The molecule has 2 rings (SSSR count). The molecule has 23 heavy (non-hydrogen) atoms. The number of carbonyl (C=O) groups is 1. The molecule has 0 saturated heterocycles. The molecule has 9 heteroatoms. The van der Waals surface area contributed by atoms with Crippen molar-refractivity contribution < 1.29 is 14.6 Å². The van der Waals surface area contributed by atoms with Gasteiger partial charge >= 0.3 is 0 Å². The summed E-state index contributed by atoms with van der Waals surface area (Å²) in [7, 11) is 0. The molecule has 1 heterocycles. The molecule has 0 aliphatic carbocycles. The number of rotatable bonds is 4. The molecule has 1 N–H and O–H groups in total. The van der Waals surface area contributed by atoms with Crippen LogP contribution in [0.1, 0.15) is 21.5 Å². The van der Waals surface area contributed by atoms with Crippen LogP contribution < -0.4 is 5.32 Å². The van der Waals surface area contributed by atoms with E-state index in [2.05, 4.69) is 10.3 Å². The van der Waals surface area contributed by atoms with E-state index in [0.29, 0.717) is 0 Å². The Morgan fingerprint density at radius 3 is 2.35 bits per heavy atom. The Hall–Kier alpha value is -3.36. The number of nitro benzene ring substituents is 2. The van der Waals surface area contributed by atoms with Crippen molar-refractivity contribution in [3.05, 3.63) is 67.4 Å². The van der Waals surface area contributed by atoms with E-state index < -0.39 is 27.1 Å². The third kappa shape index (κ3) is 3.12. The summed E-state index contributed by atoms with van der Waals surface area (Å²) in [5.74, 6) is -0.463. The number of benzene rings is 1. The SMILES string of the molecule is Cc1c(C(=O)Nc2ccccn2)cc([N+](=O)[O-])c(C)c1[N+](=O)[O-]. The van der Waals surface area contributed by atoms with Crippen molar-refractivity contribution >= 4 is 23.1 Å². The fourth-order valence-electron chi connectivity index (χ4n) is 2.20. The predicted octanol–water partition coefficient (Wildman–Crippen LogP) is 2.77. The smallest absolute Gasteiger partial charge is 0.282 e. The molecule has 0 unspecified atom stereocenters. The molecule has 1 aromatic heterocycles. The first-order valence-corrected chi connectivity index (χ1v) is 6.48. The summed E-state index contributed by atoms with van der Waals surface area (Å²) in [5, 5.41) is 24.7. The summed E-state index contributed by atoms with van der Waals surface area (Å²) in [6.07, 6.45) is 1.46. The summed E-state index contributed by atoms with van der Waals surface area (Å²) in [6, 6.07) is 5.87. The van der Waals surface area contributed by atoms with Crippen LogP contribution in [-0.4, -0.2) is 20.7 Å². The van der Waals surface area contributed by atoms with Gasteiger partial charge in [0.1, 0.15) is 11.4 Å². The van der Waals surface area contributed by atoms with Gasteiger partial charge in [-0.25, -0.2) is 4.98 Å². The first-order chi connectivity index (χ1) is 10.8. The molecule has 0 aliphatic rings. The quantitative estimate of drug-likeness (QED) is 0.682. The van der Waals surface area contributed by atoms with Gasteiger partial charge in [0.2, 0.25) is 0 Å². The van der Waals surface area contributed by atoms with Crippen LogP contribution in [0.5, 0.6) is 0 Å². The molecule has 118 valence electrons. The minimum Gasteiger partial charge on any atom is -0.307 e. The van der Waals surface area contributed by atoms with E-state index in [1.165, 1.54) is 26.1 Å². The Balaban J connectivity index is 2.55. The van der Waals surface area contributed by atoms with Crippen molar-refractivity contribution in [2.75, 3.05) is 5.32 Å². The molecule has 0 aliphatic heterocycles. The van der Waals surface area contributed by atoms with Crippen molar-refractivity contribution in [2.24, 2.45) is 0 Å². The Kier molecular flexibility index (Phi) is 4.30. The average molecular weight is 316 g/mol. The van der Waals surface area contributed by atoms with Crippen LogP contribution in [0, 0.1) is 34.1 Å². The van der Waals surface area contributed by atoms with Gasteiger partial charge in [0, 0.05) is 17.8 Å². The number of hydrogen-bond acceptors (Lipinski definition) is 6. The third-order valence-electron chi connectivity index (χ3n) is 3.31. The maximum Gasteiger partial charge on any atom is 0.282 e. The minimum atomic E-state index is -0.751. The van der Waals surface area contributed by atoms with Gasteiger partial charge in [-0.3, -0.25) is 25.0 Å². The molecule has 1 amide bonds. The highest BCUT2D eigenvalue weighted by Gasteiger charge is 2.29. The zero-order valence-corrected chi connectivity index (χ0v) is 12.3. The Labute approximate surface area is 130 Å². The molecule has 0 atom stereocenters. The van der Waals surface area contributed by atoms with Crippen LogP contribution in [-0.2, 0) is 0 Å². The lowest BCUT2D eigenvalue weighted by Gasteiger charge is -2.09. The van der Waals surface area contributed by atoms with Gasteiger partial charge in [-0.15, -0.1) is 0 Å². The second-order valence-electron chi connectivity index (χ2n) is 4.73. The highest BCUT2D eigenvalue weighted by molar-refractivity contribution is 6.06. The lowest BCUT2D eigenvalue weighted by atomic mass is 10.00. The van der Waals surface area contributed by atoms with Crippen molar-refractivity contribution in [1.29, 1.82) is 0 Å². The predicted molar refractivity (Wildman–Crippen MR) is 81.4 cm³/mol. The minimum absolute atomic E-state index is 0.0616. The number of nitrogens with one attached hydrogen (secondary N) is 1. The average Bonchev–Trinajstić information content (AvgIpc) is 2.47. The molecular weight excluding hydrogens is 304 g/mol. The number of aromatic nitrogens is 1. The largest absolute Gasteiger partial charge is 0.307 e. The summed E-state index contributed by atoms with van der Waals surface area (Å²) in [4.78, 5) is 37.0. The van der Waals surface area contributed by atoms with E-state index in [9.17, 15) is 25.0 Å². The van der Waals surface area contributed by atoms with Gasteiger partial charge < -0.3 is 5.32 Å². The van der Waals surface area contributed by atoms with Gasteiger partial charge in [-0.05, 0) is 26.0 Å². The van der Waals surface area contributed by atoms with Crippen molar-refractivity contribution in [1.82, 2.24) is 4.98 Å². The summed E-state index contributed by atoms with van der Waals surface area (Å²) in [5.41, 5.74) is -1.09. The fraction of sp³-hybridized carbons (Fsp3) is 0.143. The molecule has 0 saturated carbocycles. The monoisotopic (exact) mass is 316 g/mol. The third-order valence-corrected chi connectivity index (χ3v) is 3.31. The Morgan fingerprint density at radius 1 is 1.13 bits per heavy atom. The maximum absolute atomic E-state index is 12.3. The van der Waals surface area contributed by atoms with E-state index in [1.54, 1.807) is 12.1 Å². The van der Waals surface area contributed by atoms with Crippen LogP contribution in [0.3, 0.4) is 0 Å². The van der Waals surface area contributed by atoms with E-state index in [1.807, 2.05) is 0 Å². The van der Waals surface area contributed by atoms with E-state index in [0.717, 1.165) is 6.07 Å². The molecular formula is C14H12N4O5. The molecule has 0 fully saturated rings. The van der Waals surface area contributed by atoms with Crippen molar-refractivity contribution in [3.8, 4) is 0 Å². The van der Waals surface area contributed by atoms with Gasteiger partial charge in [0.15, 0.2) is 0 Å². The number of pyridine rings is 1. The van der Waals surface area contributed by atoms with E-state index in [-0.39, 0.29) is 22.5 Å². The standard InChI is InChI=1S/C14H12N4O5/c1-8-10(14(19)16-12-5-3-4-6-15-12)7-11(17(20)21)9(2)13(8)18(22)23/h3-7H,1-2H3,(H,15,16,19). The van der Waals surface area contributed by atoms with E-state index >= 15 is 0 Å². The number of nitro groups is 2. The first-order valence-electron chi connectivity index (χ1n) is 6.48. The second-order valence-corrected chi connectivity index (χ2v) is 4.73. The molecule has 1 aromatic carbocycles. The van der Waals surface area contributed by atoms with Gasteiger partial charge in [-0.2, -0.15) is 0 Å². The van der Waals surface area contributed by atoms with Crippen molar-refractivity contribution in [3.63, 3.8) is 0 Å². The zero-order valence-electron chi connectivity index (χ0n) is 12.3. The second kappa shape index (κ2) is 6.18. The van der Waals surface area contributed by atoms with Crippen molar-refractivity contribution in [2.45, 2.75) is 13.8 Å². The van der Waals surface area contributed by atoms with Crippen LogP contribution in [0.15, 0.2) is 30.5 Å². The Bertz CT molecular complexity index is 805. The highest BCUT2D eigenvalue weighted by atomic mass is 16.6. The zero-order chi connectivity index (χ0) is 17.1. The van der Waals surface area contributed by atoms with Gasteiger partial charge in [0.05, 0.1) is 15.4 Å². The lowest BCUT2D eigenvalue weighted by Crippen LogP contribution is -2.16. The first kappa shape index (κ1) is 16.0. The lowest BCUT2D eigenvalue weighted by molar-refractivity contribution is -0.395. The number of amides is 1. The number of nitrogens with zero attached hydrogens (tertiary/aromatic N) is 3. The Morgan fingerprint density at radius 2 is 1.83 bits per heavy atom. The molecule has 0 spiro atoms. The van der Waals surface area contributed by atoms with Gasteiger partial charge in [0.25, 0.3) is 17.3 Å². The summed E-state index contributed by atoms with van der Waals surface area (Å²) >= 11 is 0. The summed E-state index contributed by atoms with van der Waals surface area (Å²) < 4.78 is 0. The molecule has 2 aromatic rings. The molecule has 0 bridgehead atoms. The fourth-order valence-corrected chi connectivity index (χ4v) is 2.20. The number of carbonyl (C=O) groups excluding carboxylic acids is 1. The van der Waals surface area contributed by atoms with E-state index in [4.69, 9.17) is 0 Å². The van der Waals surface area contributed by atoms with Crippen LogP contribution >= 0.6 is 0 Å². The van der Waals surface area contributed by atoms with Crippen LogP contribution in [0.25, 0.3) is 0 Å². The number of anilines is 1. The van der Waals surface area contributed by atoms with Gasteiger partial charge in [-0.1, -0.05) is 6.07 Å². The maximum atomic E-state index is 12.3. The van der Waals surface area contributed by atoms with Crippen LogP contribution in [0.2, 0.25) is 0 Å². The highest BCUT2D eigenvalue weighted by Crippen LogP contribution is 2.33. The topological polar surface area (TPSA) is 128 Å².